The first-order valence-electron chi connectivity index (χ1n) is 5.49. The number of hydrogen-bond acceptors (Lipinski definition) is 3. The average molecular weight is 233 g/mol. The number of likely N-dealkylation sites (tertiary alicyclic amines) is 1. The fraction of sp³-hybridized carbons (Fsp3) is 0.333. The van der Waals surface area contributed by atoms with Crippen molar-refractivity contribution < 1.29 is 9.59 Å². The van der Waals surface area contributed by atoms with Crippen molar-refractivity contribution in [2.45, 2.75) is 13.0 Å². The van der Waals surface area contributed by atoms with E-state index < -0.39 is 0 Å². The second-order valence-corrected chi connectivity index (χ2v) is 4.20. The third-order valence-electron chi connectivity index (χ3n) is 2.67. The monoisotopic (exact) mass is 233 g/mol. The molecule has 1 saturated heterocycles. The molecule has 1 aromatic rings. The molecule has 0 unspecified atom stereocenters. The summed E-state index contributed by atoms with van der Waals surface area (Å²) in [5, 5.41) is 2.65. The number of nitrogens with zero attached hydrogens (tertiary/aromatic N) is 1. The Kier molecular flexibility index (Phi) is 3.10. The van der Waals surface area contributed by atoms with Gasteiger partial charge in [0.25, 0.3) is 5.91 Å². The molecule has 0 saturated carbocycles. The smallest absolute Gasteiger partial charge is 0.256 e. The van der Waals surface area contributed by atoms with E-state index in [4.69, 9.17) is 5.73 Å². The summed E-state index contributed by atoms with van der Waals surface area (Å²) in [4.78, 5) is 24.8. The molecule has 0 aromatic heterocycles. The number of carbonyl (C=O) groups excluding carboxylic acids is 2. The van der Waals surface area contributed by atoms with E-state index in [9.17, 15) is 9.59 Å². The van der Waals surface area contributed by atoms with Crippen LogP contribution in [-0.4, -0.2) is 35.8 Å². The Bertz CT molecular complexity index is 453. The number of anilines is 1. The van der Waals surface area contributed by atoms with Crippen LogP contribution in [0.3, 0.4) is 0 Å². The van der Waals surface area contributed by atoms with Gasteiger partial charge in [-0.1, -0.05) is 12.1 Å². The average Bonchev–Trinajstić information content (AvgIpc) is 2.24. The Balaban J connectivity index is 2.19. The summed E-state index contributed by atoms with van der Waals surface area (Å²) in [6.45, 7) is 2.57. The second-order valence-electron chi connectivity index (χ2n) is 4.20. The molecule has 1 aliphatic rings. The van der Waals surface area contributed by atoms with Gasteiger partial charge in [0.05, 0.1) is 11.3 Å². The highest BCUT2D eigenvalue weighted by atomic mass is 16.2. The van der Waals surface area contributed by atoms with Crippen molar-refractivity contribution in [1.82, 2.24) is 4.90 Å². The molecule has 2 rings (SSSR count). The molecule has 5 nitrogen and oxygen atoms in total. The highest BCUT2D eigenvalue weighted by Crippen LogP contribution is 2.19. The lowest BCUT2D eigenvalue weighted by Gasteiger charge is -2.37. The van der Waals surface area contributed by atoms with E-state index in [1.54, 1.807) is 29.2 Å². The van der Waals surface area contributed by atoms with Gasteiger partial charge in [0.2, 0.25) is 5.91 Å². The van der Waals surface area contributed by atoms with E-state index in [0.29, 0.717) is 24.3 Å². The summed E-state index contributed by atoms with van der Waals surface area (Å²) < 4.78 is 0. The predicted octanol–water partition coefficient (Wildman–Crippen LogP) is 0.428. The zero-order chi connectivity index (χ0) is 12.4. The molecule has 0 spiro atoms. The lowest BCUT2D eigenvalue weighted by atomic mass is 10.1. The van der Waals surface area contributed by atoms with Gasteiger partial charge in [0.1, 0.15) is 0 Å². The lowest BCUT2D eigenvalue weighted by molar-refractivity contribution is -0.114. The molecule has 3 N–H and O–H groups in total. The molecule has 0 radical (unpaired) electrons. The predicted molar refractivity (Wildman–Crippen MR) is 64.6 cm³/mol. The number of nitrogens with two attached hydrogens (primary N) is 1. The Morgan fingerprint density at radius 3 is 2.59 bits per heavy atom. The van der Waals surface area contributed by atoms with Crippen molar-refractivity contribution in [1.29, 1.82) is 0 Å². The van der Waals surface area contributed by atoms with Crippen LogP contribution in [-0.2, 0) is 4.79 Å². The third-order valence-corrected chi connectivity index (χ3v) is 2.67. The molecule has 0 bridgehead atoms. The quantitative estimate of drug-likeness (QED) is 0.777. The third kappa shape index (κ3) is 2.45. The standard InChI is InChI=1S/C12H15N3O2/c1-8(16)14-11-5-3-2-4-10(11)12(17)15-6-9(13)7-15/h2-5,9H,6-7,13H2,1H3,(H,14,16). The van der Waals surface area contributed by atoms with Crippen molar-refractivity contribution in [2.75, 3.05) is 18.4 Å². The van der Waals surface area contributed by atoms with Crippen molar-refractivity contribution in [3.8, 4) is 0 Å². The Morgan fingerprint density at radius 2 is 2.00 bits per heavy atom. The van der Waals surface area contributed by atoms with E-state index in [1.807, 2.05) is 0 Å². The minimum Gasteiger partial charge on any atom is -0.335 e. The van der Waals surface area contributed by atoms with E-state index in [0.717, 1.165) is 0 Å². The molecule has 5 heteroatoms. The highest BCUT2D eigenvalue weighted by molar-refractivity contribution is 6.03. The first kappa shape index (κ1) is 11.6. The van der Waals surface area contributed by atoms with Gasteiger partial charge in [0, 0.05) is 26.1 Å². The van der Waals surface area contributed by atoms with Gasteiger partial charge >= 0.3 is 0 Å². The van der Waals surface area contributed by atoms with E-state index in [2.05, 4.69) is 5.32 Å². The largest absolute Gasteiger partial charge is 0.335 e. The zero-order valence-corrected chi connectivity index (χ0v) is 9.64. The summed E-state index contributed by atoms with van der Waals surface area (Å²) in [6, 6.07) is 7.06. The minimum atomic E-state index is -0.189. The highest BCUT2D eigenvalue weighted by Gasteiger charge is 2.29. The molecular formula is C12H15N3O2. The van der Waals surface area contributed by atoms with Crippen LogP contribution in [0.1, 0.15) is 17.3 Å². The van der Waals surface area contributed by atoms with Crippen LogP contribution in [0.15, 0.2) is 24.3 Å². The molecule has 90 valence electrons. The Labute approximate surface area is 99.6 Å². The maximum absolute atomic E-state index is 12.1. The van der Waals surface area contributed by atoms with E-state index in [-0.39, 0.29) is 17.9 Å². The Hall–Kier alpha value is -1.88. The Morgan fingerprint density at radius 1 is 1.35 bits per heavy atom. The molecule has 1 heterocycles. The van der Waals surface area contributed by atoms with E-state index >= 15 is 0 Å². The van der Waals surface area contributed by atoms with E-state index in [1.165, 1.54) is 6.92 Å². The number of carbonyl (C=O) groups is 2. The van der Waals surface area contributed by atoms with Crippen LogP contribution >= 0.6 is 0 Å². The number of rotatable bonds is 2. The van der Waals surface area contributed by atoms with Crippen LogP contribution in [0.5, 0.6) is 0 Å². The van der Waals surface area contributed by atoms with Crippen LogP contribution in [0.2, 0.25) is 0 Å². The SMILES string of the molecule is CC(=O)Nc1ccccc1C(=O)N1CC(N)C1. The molecule has 0 aliphatic carbocycles. The summed E-state index contributed by atoms with van der Waals surface area (Å²) in [6.07, 6.45) is 0. The maximum atomic E-state index is 12.1. The first-order valence-corrected chi connectivity index (χ1v) is 5.49. The number of nitrogens with one attached hydrogen (secondary N) is 1. The van der Waals surface area contributed by atoms with Crippen molar-refractivity contribution >= 4 is 17.5 Å². The zero-order valence-electron chi connectivity index (χ0n) is 9.64. The van der Waals surface area contributed by atoms with Gasteiger partial charge in [-0.05, 0) is 12.1 Å². The normalized spacial score (nSPS) is 15.3. The van der Waals surface area contributed by atoms with Gasteiger partial charge in [-0.25, -0.2) is 0 Å². The topological polar surface area (TPSA) is 75.4 Å². The number of hydrogen-bond donors (Lipinski definition) is 2. The molecule has 1 fully saturated rings. The van der Waals surface area contributed by atoms with Gasteiger partial charge in [0.15, 0.2) is 0 Å². The van der Waals surface area contributed by atoms with Crippen LogP contribution in [0.25, 0.3) is 0 Å². The van der Waals surface area contributed by atoms with Crippen LogP contribution < -0.4 is 11.1 Å². The molecule has 2 amide bonds. The minimum absolute atomic E-state index is 0.0758. The van der Waals surface area contributed by atoms with Crippen LogP contribution in [0.4, 0.5) is 5.69 Å². The maximum Gasteiger partial charge on any atom is 0.256 e. The van der Waals surface area contributed by atoms with Gasteiger partial charge in [-0.2, -0.15) is 0 Å². The molecule has 1 aromatic carbocycles. The number of benzene rings is 1. The molecule has 0 atom stereocenters. The number of amides is 2. The van der Waals surface area contributed by atoms with Gasteiger partial charge < -0.3 is 16.0 Å². The summed E-state index contributed by atoms with van der Waals surface area (Å²) in [5.74, 6) is -0.276. The summed E-state index contributed by atoms with van der Waals surface area (Å²) in [5.41, 5.74) is 6.70. The summed E-state index contributed by atoms with van der Waals surface area (Å²) >= 11 is 0. The molecule has 1 aliphatic heterocycles. The first-order chi connectivity index (χ1) is 8.08. The second kappa shape index (κ2) is 4.55. The van der Waals surface area contributed by atoms with Crippen molar-refractivity contribution in [3.05, 3.63) is 29.8 Å². The fourth-order valence-electron chi connectivity index (χ4n) is 1.82. The number of para-hydroxylation sites is 1. The lowest BCUT2D eigenvalue weighted by Crippen LogP contribution is -2.57. The van der Waals surface area contributed by atoms with Crippen molar-refractivity contribution in [3.63, 3.8) is 0 Å². The fourth-order valence-corrected chi connectivity index (χ4v) is 1.82. The van der Waals surface area contributed by atoms with Crippen LogP contribution in [0, 0.1) is 0 Å². The molecule has 17 heavy (non-hydrogen) atoms. The van der Waals surface area contributed by atoms with Gasteiger partial charge in [-0.15, -0.1) is 0 Å². The van der Waals surface area contributed by atoms with Crippen molar-refractivity contribution in [2.24, 2.45) is 5.73 Å². The molecular weight excluding hydrogens is 218 g/mol. The summed E-state index contributed by atoms with van der Waals surface area (Å²) in [7, 11) is 0. The van der Waals surface area contributed by atoms with Gasteiger partial charge in [-0.3, -0.25) is 9.59 Å².